The summed E-state index contributed by atoms with van der Waals surface area (Å²) in [5.41, 5.74) is 1.19. The normalized spacial score (nSPS) is 24.4. The first-order valence-electron chi connectivity index (χ1n) is 7.10. The Bertz CT molecular complexity index is 397. The molecular formula is C15H24N2O2. The molecule has 1 aliphatic rings. The van der Waals surface area contributed by atoms with Crippen molar-refractivity contribution in [1.82, 2.24) is 10.3 Å². The van der Waals surface area contributed by atoms with E-state index in [1.807, 2.05) is 6.20 Å². The zero-order valence-corrected chi connectivity index (χ0v) is 12.1. The highest BCUT2D eigenvalue weighted by atomic mass is 16.5. The Morgan fingerprint density at radius 3 is 3.00 bits per heavy atom. The summed E-state index contributed by atoms with van der Waals surface area (Å²) in [5.74, 6) is 1.31. The van der Waals surface area contributed by atoms with Crippen molar-refractivity contribution in [3.05, 3.63) is 24.0 Å². The fourth-order valence-corrected chi connectivity index (χ4v) is 2.72. The molecule has 0 spiro atoms. The van der Waals surface area contributed by atoms with Gasteiger partial charge in [0.15, 0.2) is 0 Å². The summed E-state index contributed by atoms with van der Waals surface area (Å²) < 4.78 is 11.0. The summed E-state index contributed by atoms with van der Waals surface area (Å²) in [6, 6.07) is 2.37. The van der Waals surface area contributed by atoms with Crippen molar-refractivity contribution in [3.63, 3.8) is 0 Å². The summed E-state index contributed by atoms with van der Waals surface area (Å²) in [6.07, 6.45) is 6.19. The highest BCUT2D eigenvalue weighted by Gasteiger charge is 2.32. The SMILES string of the molecule is CCCNC(c1cncc(OC)c1)C1CCOC1C. The number of methoxy groups -OCH3 is 1. The van der Waals surface area contributed by atoms with Crippen molar-refractivity contribution in [2.24, 2.45) is 5.92 Å². The van der Waals surface area contributed by atoms with Crippen LogP contribution in [0, 0.1) is 5.92 Å². The molecule has 0 aromatic carbocycles. The fourth-order valence-electron chi connectivity index (χ4n) is 2.72. The molecule has 0 saturated carbocycles. The lowest BCUT2D eigenvalue weighted by atomic mass is 9.89. The summed E-state index contributed by atoms with van der Waals surface area (Å²) in [7, 11) is 1.68. The van der Waals surface area contributed by atoms with Gasteiger partial charge in [-0.05, 0) is 37.9 Å². The van der Waals surface area contributed by atoms with Gasteiger partial charge in [-0.25, -0.2) is 0 Å². The number of hydrogen-bond acceptors (Lipinski definition) is 4. The first kappa shape index (κ1) is 14.3. The smallest absolute Gasteiger partial charge is 0.137 e. The third-order valence-electron chi connectivity index (χ3n) is 3.81. The van der Waals surface area contributed by atoms with E-state index in [2.05, 4.69) is 30.2 Å². The molecule has 3 unspecified atom stereocenters. The molecule has 0 amide bonds. The minimum atomic E-state index is 0.292. The van der Waals surface area contributed by atoms with E-state index in [4.69, 9.17) is 9.47 Å². The molecular weight excluding hydrogens is 240 g/mol. The molecule has 0 radical (unpaired) electrons. The van der Waals surface area contributed by atoms with Crippen LogP contribution in [-0.4, -0.2) is 31.3 Å². The Balaban J connectivity index is 2.20. The number of rotatable bonds is 6. The molecule has 1 N–H and O–H groups in total. The maximum absolute atomic E-state index is 5.71. The highest BCUT2D eigenvalue weighted by molar-refractivity contribution is 5.26. The zero-order valence-electron chi connectivity index (χ0n) is 12.1. The number of pyridine rings is 1. The van der Waals surface area contributed by atoms with E-state index in [1.54, 1.807) is 13.3 Å². The maximum Gasteiger partial charge on any atom is 0.137 e. The molecule has 2 rings (SSSR count). The van der Waals surface area contributed by atoms with Crippen LogP contribution < -0.4 is 10.1 Å². The van der Waals surface area contributed by atoms with Crippen LogP contribution >= 0.6 is 0 Å². The number of hydrogen-bond donors (Lipinski definition) is 1. The predicted molar refractivity (Wildman–Crippen MR) is 75.3 cm³/mol. The van der Waals surface area contributed by atoms with Gasteiger partial charge in [0.1, 0.15) is 5.75 Å². The van der Waals surface area contributed by atoms with Crippen LogP contribution in [0.3, 0.4) is 0 Å². The van der Waals surface area contributed by atoms with Crippen molar-refractivity contribution < 1.29 is 9.47 Å². The lowest BCUT2D eigenvalue weighted by molar-refractivity contribution is 0.0953. The van der Waals surface area contributed by atoms with Crippen molar-refractivity contribution in [2.45, 2.75) is 38.8 Å². The molecule has 4 heteroatoms. The van der Waals surface area contributed by atoms with Crippen LogP contribution in [0.15, 0.2) is 18.5 Å². The van der Waals surface area contributed by atoms with E-state index in [0.29, 0.717) is 18.1 Å². The Kier molecular flexibility index (Phi) is 5.16. The number of ether oxygens (including phenoxy) is 2. The number of nitrogens with zero attached hydrogens (tertiary/aromatic N) is 1. The lowest BCUT2D eigenvalue weighted by Crippen LogP contribution is -2.32. The van der Waals surface area contributed by atoms with E-state index in [9.17, 15) is 0 Å². The van der Waals surface area contributed by atoms with Crippen molar-refractivity contribution in [1.29, 1.82) is 0 Å². The van der Waals surface area contributed by atoms with Gasteiger partial charge in [0.05, 0.1) is 19.4 Å². The second-order valence-corrected chi connectivity index (χ2v) is 5.12. The first-order chi connectivity index (χ1) is 9.26. The second kappa shape index (κ2) is 6.87. The Hall–Kier alpha value is -1.13. The summed E-state index contributed by atoms with van der Waals surface area (Å²) in [5, 5.41) is 3.63. The second-order valence-electron chi connectivity index (χ2n) is 5.12. The van der Waals surface area contributed by atoms with E-state index >= 15 is 0 Å². The molecule has 1 aliphatic heterocycles. The van der Waals surface area contributed by atoms with Crippen LogP contribution in [0.1, 0.15) is 38.3 Å². The van der Waals surface area contributed by atoms with Gasteiger partial charge in [-0.3, -0.25) is 4.98 Å². The highest BCUT2D eigenvalue weighted by Crippen LogP contribution is 2.34. The Morgan fingerprint density at radius 2 is 2.37 bits per heavy atom. The van der Waals surface area contributed by atoms with Gasteiger partial charge in [0.2, 0.25) is 0 Å². The van der Waals surface area contributed by atoms with Crippen LogP contribution in [0.25, 0.3) is 0 Å². The minimum Gasteiger partial charge on any atom is -0.495 e. The van der Waals surface area contributed by atoms with Crippen molar-refractivity contribution in [3.8, 4) is 5.75 Å². The van der Waals surface area contributed by atoms with Gasteiger partial charge in [0.25, 0.3) is 0 Å². The molecule has 1 aromatic rings. The van der Waals surface area contributed by atoms with E-state index in [1.165, 1.54) is 5.56 Å². The predicted octanol–water partition coefficient (Wildman–Crippen LogP) is 2.56. The minimum absolute atomic E-state index is 0.292. The third-order valence-corrected chi connectivity index (χ3v) is 3.81. The monoisotopic (exact) mass is 264 g/mol. The number of nitrogens with one attached hydrogen (secondary N) is 1. The molecule has 106 valence electrons. The van der Waals surface area contributed by atoms with Gasteiger partial charge in [-0.2, -0.15) is 0 Å². The summed E-state index contributed by atoms with van der Waals surface area (Å²) >= 11 is 0. The molecule has 19 heavy (non-hydrogen) atoms. The standard InChI is InChI=1S/C15H24N2O2/c1-4-6-17-15(14-5-7-19-11(14)2)12-8-13(18-3)10-16-9-12/h8-11,14-15,17H,4-7H2,1-3H3. The molecule has 1 aromatic heterocycles. The summed E-state index contributed by atoms with van der Waals surface area (Å²) in [4.78, 5) is 4.28. The average molecular weight is 264 g/mol. The lowest BCUT2D eigenvalue weighted by Gasteiger charge is -2.27. The van der Waals surface area contributed by atoms with Crippen molar-refractivity contribution in [2.75, 3.05) is 20.3 Å². The first-order valence-corrected chi connectivity index (χ1v) is 7.10. The molecule has 1 fully saturated rings. The quantitative estimate of drug-likeness (QED) is 0.857. The van der Waals surface area contributed by atoms with E-state index in [0.717, 1.165) is 31.7 Å². The fraction of sp³-hybridized carbons (Fsp3) is 0.667. The van der Waals surface area contributed by atoms with Gasteiger partial charge in [-0.1, -0.05) is 6.92 Å². The van der Waals surface area contributed by atoms with E-state index in [-0.39, 0.29) is 0 Å². The Morgan fingerprint density at radius 1 is 1.53 bits per heavy atom. The average Bonchev–Trinajstić information content (AvgIpc) is 2.86. The van der Waals surface area contributed by atoms with Crippen LogP contribution in [-0.2, 0) is 4.74 Å². The third kappa shape index (κ3) is 3.45. The molecule has 0 aliphatic carbocycles. The molecule has 0 bridgehead atoms. The van der Waals surface area contributed by atoms with Crippen molar-refractivity contribution >= 4 is 0 Å². The van der Waals surface area contributed by atoms with Gasteiger partial charge in [-0.15, -0.1) is 0 Å². The van der Waals surface area contributed by atoms with Gasteiger partial charge >= 0.3 is 0 Å². The maximum atomic E-state index is 5.71. The molecule has 3 atom stereocenters. The van der Waals surface area contributed by atoms with Crippen LogP contribution in [0.4, 0.5) is 0 Å². The van der Waals surface area contributed by atoms with Crippen LogP contribution in [0.2, 0.25) is 0 Å². The van der Waals surface area contributed by atoms with Gasteiger partial charge < -0.3 is 14.8 Å². The Labute approximate surface area is 115 Å². The molecule has 4 nitrogen and oxygen atoms in total. The molecule has 2 heterocycles. The van der Waals surface area contributed by atoms with Crippen LogP contribution in [0.5, 0.6) is 5.75 Å². The van der Waals surface area contributed by atoms with Gasteiger partial charge in [0, 0.05) is 24.8 Å². The zero-order chi connectivity index (χ0) is 13.7. The van der Waals surface area contributed by atoms with E-state index < -0.39 is 0 Å². The summed E-state index contributed by atoms with van der Waals surface area (Å²) in [6.45, 7) is 6.20. The number of aromatic nitrogens is 1. The largest absolute Gasteiger partial charge is 0.495 e. The molecule has 1 saturated heterocycles. The topological polar surface area (TPSA) is 43.4 Å².